The summed E-state index contributed by atoms with van der Waals surface area (Å²) in [6.45, 7) is 4.42. The molecule has 1 atom stereocenters. The molecule has 110 valence electrons. The van der Waals surface area contributed by atoms with Gasteiger partial charge >= 0.3 is 6.18 Å². The molecule has 0 radical (unpaired) electrons. The summed E-state index contributed by atoms with van der Waals surface area (Å²) in [5.74, 6) is 0. The summed E-state index contributed by atoms with van der Waals surface area (Å²) in [6, 6.07) is -0.478. The van der Waals surface area contributed by atoms with Gasteiger partial charge in [-0.3, -0.25) is 0 Å². The number of nitrogens with zero attached hydrogens (tertiary/aromatic N) is 1. The summed E-state index contributed by atoms with van der Waals surface area (Å²) in [6.07, 6.45) is -3.85. The van der Waals surface area contributed by atoms with Gasteiger partial charge in [0.2, 0.25) is 0 Å². The van der Waals surface area contributed by atoms with Crippen LogP contribution in [0.5, 0.6) is 0 Å². The number of halogens is 3. The van der Waals surface area contributed by atoms with E-state index >= 15 is 0 Å². The molecule has 0 aliphatic carbocycles. The van der Waals surface area contributed by atoms with Crippen LogP contribution >= 0.6 is 11.3 Å². The summed E-state index contributed by atoms with van der Waals surface area (Å²) < 4.78 is 48.4. The SMILES string of the molecule is CCOC(OCC)C(NC)c1cnc(C(F)(F)F)s1. The zero-order chi connectivity index (χ0) is 14.5. The molecule has 4 nitrogen and oxygen atoms in total. The smallest absolute Gasteiger partial charge is 0.351 e. The summed E-state index contributed by atoms with van der Waals surface area (Å²) in [4.78, 5) is 3.83. The Morgan fingerprint density at radius 2 is 1.89 bits per heavy atom. The highest BCUT2D eigenvalue weighted by Crippen LogP contribution is 2.35. The minimum absolute atomic E-state index is 0.410. The van der Waals surface area contributed by atoms with Crippen molar-refractivity contribution in [3.8, 4) is 0 Å². The molecule has 0 saturated heterocycles. The molecule has 0 aliphatic rings. The molecule has 0 bridgehead atoms. The maximum atomic E-state index is 12.5. The molecule has 0 spiro atoms. The van der Waals surface area contributed by atoms with Crippen LogP contribution in [0.25, 0.3) is 0 Å². The number of rotatable bonds is 7. The summed E-state index contributed by atoms with van der Waals surface area (Å²) in [5.41, 5.74) is 0. The fourth-order valence-electron chi connectivity index (χ4n) is 1.54. The summed E-state index contributed by atoms with van der Waals surface area (Å²) >= 11 is 0.594. The van der Waals surface area contributed by atoms with Gasteiger partial charge in [-0.15, -0.1) is 11.3 Å². The Morgan fingerprint density at radius 1 is 1.32 bits per heavy atom. The van der Waals surface area contributed by atoms with Gasteiger partial charge in [-0.05, 0) is 20.9 Å². The van der Waals surface area contributed by atoms with Gasteiger partial charge in [-0.2, -0.15) is 13.2 Å². The first-order valence-corrected chi connectivity index (χ1v) is 6.69. The van der Waals surface area contributed by atoms with Crippen molar-refractivity contribution in [3.63, 3.8) is 0 Å². The predicted octanol–water partition coefficient (Wildman–Crippen LogP) is 2.82. The monoisotopic (exact) mass is 298 g/mol. The molecule has 1 heterocycles. The van der Waals surface area contributed by atoms with Crippen LogP contribution in [-0.2, 0) is 15.7 Å². The molecular formula is C11H17F3N2O2S. The first-order valence-electron chi connectivity index (χ1n) is 5.87. The number of ether oxygens (including phenoxy) is 2. The van der Waals surface area contributed by atoms with Crippen molar-refractivity contribution in [1.82, 2.24) is 10.3 Å². The molecule has 8 heteroatoms. The molecule has 1 aromatic heterocycles. The van der Waals surface area contributed by atoms with E-state index in [-0.39, 0.29) is 0 Å². The first kappa shape index (κ1) is 16.4. The molecule has 1 N–H and O–H groups in total. The van der Waals surface area contributed by atoms with Gasteiger partial charge in [-0.1, -0.05) is 0 Å². The second-order valence-electron chi connectivity index (χ2n) is 3.61. The van der Waals surface area contributed by atoms with Crippen molar-refractivity contribution in [2.75, 3.05) is 20.3 Å². The summed E-state index contributed by atoms with van der Waals surface area (Å²) in [5, 5.41) is 2.04. The van der Waals surface area contributed by atoms with Crippen molar-refractivity contribution in [3.05, 3.63) is 16.1 Å². The van der Waals surface area contributed by atoms with E-state index in [4.69, 9.17) is 9.47 Å². The third-order valence-corrected chi connectivity index (χ3v) is 3.44. The largest absolute Gasteiger partial charge is 0.443 e. The Morgan fingerprint density at radius 3 is 2.26 bits per heavy atom. The van der Waals surface area contributed by atoms with E-state index in [0.717, 1.165) is 0 Å². The van der Waals surface area contributed by atoms with E-state index in [9.17, 15) is 13.2 Å². The van der Waals surface area contributed by atoms with Crippen molar-refractivity contribution in [2.45, 2.75) is 32.4 Å². The van der Waals surface area contributed by atoms with Gasteiger partial charge in [0.1, 0.15) is 0 Å². The topological polar surface area (TPSA) is 43.4 Å². The van der Waals surface area contributed by atoms with Gasteiger partial charge < -0.3 is 14.8 Å². The van der Waals surface area contributed by atoms with Gasteiger partial charge in [0.25, 0.3) is 0 Å². The zero-order valence-corrected chi connectivity index (χ0v) is 11.8. The molecular weight excluding hydrogens is 281 g/mol. The number of alkyl halides is 3. The quantitative estimate of drug-likeness (QED) is 0.786. The maximum absolute atomic E-state index is 12.5. The number of hydrogen-bond donors (Lipinski definition) is 1. The van der Waals surface area contributed by atoms with Crippen LogP contribution in [0.1, 0.15) is 29.8 Å². The van der Waals surface area contributed by atoms with E-state index in [1.54, 1.807) is 20.9 Å². The van der Waals surface area contributed by atoms with Gasteiger partial charge in [0, 0.05) is 24.3 Å². The number of likely N-dealkylation sites (N-methyl/N-ethyl adjacent to an activating group) is 1. The highest BCUT2D eigenvalue weighted by atomic mass is 32.1. The average Bonchev–Trinajstić information content (AvgIpc) is 2.80. The lowest BCUT2D eigenvalue weighted by molar-refractivity contribution is -0.153. The fraction of sp³-hybridized carbons (Fsp3) is 0.727. The van der Waals surface area contributed by atoms with E-state index < -0.39 is 23.5 Å². The molecule has 0 saturated carbocycles. The third kappa shape index (κ3) is 4.41. The Hall–Kier alpha value is -0.700. The first-order chi connectivity index (χ1) is 8.93. The third-order valence-electron chi connectivity index (χ3n) is 2.32. The van der Waals surface area contributed by atoms with E-state index in [0.29, 0.717) is 29.4 Å². The van der Waals surface area contributed by atoms with Crippen LogP contribution in [0.4, 0.5) is 13.2 Å². The second kappa shape index (κ2) is 7.18. The summed E-state index contributed by atoms with van der Waals surface area (Å²) in [7, 11) is 1.64. The highest BCUT2D eigenvalue weighted by molar-refractivity contribution is 7.11. The lowest BCUT2D eigenvalue weighted by Crippen LogP contribution is -2.33. The van der Waals surface area contributed by atoms with Crippen LogP contribution in [0.3, 0.4) is 0 Å². The maximum Gasteiger partial charge on any atom is 0.443 e. The normalized spacial score (nSPS) is 14.1. The van der Waals surface area contributed by atoms with Crippen LogP contribution in [0.15, 0.2) is 6.20 Å². The number of nitrogens with one attached hydrogen (secondary N) is 1. The zero-order valence-electron chi connectivity index (χ0n) is 11.0. The molecule has 0 aromatic carbocycles. The van der Waals surface area contributed by atoms with Crippen molar-refractivity contribution in [1.29, 1.82) is 0 Å². The fourth-order valence-corrected chi connectivity index (χ4v) is 2.45. The molecule has 0 fully saturated rings. The lowest BCUT2D eigenvalue weighted by atomic mass is 10.2. The predicted molar refractivity (Wildman–Crippen MR) is 66.0 cm³/mol. The van der Waals surface area contributed by atoms with E-state index in [2.05, 4.69) is 10.3 Å². The molecule has 1 unspecified atom stereocenters. The minimum Gasteiger partial charge on any atom is -0.351 e. The van der Waals surface area contributed by atoms with Crippen molar-refractivity contribution < 1.29 is 22.6 Å². The Bertz CT molecular complexity index is 378. The highest BCUT2D eigenvalue weighted by Gasteiger charge is 2.36. The Labute approximate surface area is 113 Å². The second-order valence-corrected chi connectivity index (χ2v) is 4.67. The lowest BCUT2D eigenvalue weighted by Gasteiger charge is -2.25. The van der Waals surface area contributed by atoms with E-state index in [1.807, 2.05) is 0 Å². The van der Waals surface area contributed by atoms with E-state index in [1.165, 1.54) is 6.20 Å². The van der Waals surface area contributed by atoms with Crippen molar-refractivity contribution >= 4 is 11.3 Å². The number of aromatic nitrogens is 1. The Balaban J connectivity index is 2.91. The van der Waals surface area contributed by atoms with Gasteiger partial charge in [0.05, 0.1) is 6.04 Å². The van der Waals surface area contributed by atoms with Gasteiger partial charge in [-0.25, -0.2) is 4.98 Å². The van der Waals surface area contributed by atoms with Crippen LogP contribution in [0, 0.1) is 0 Å². The molecule has 1 aromatic rings. The minimum atomic E-state index is -4.42. The van der Waals surface area contributed by atoms with Crippen molar-refractivity contribution in [2.24, 2.45) is 0 Å². The molecule has 0 aliphatic heterocycles. The standard InChI is InChI=1S/C11H17F3N2O2S/c1-4-17-9(18-5-2)8(15-3)7-6-16-10(19-7)11(12,13)14/h6,8-9,15H,4-5H2,1-3H3. The number of hydrogen-bond acceptors (Lipinski definition) is 5. The molecule has 1 rings (SSSR count). The van der Waals surface area contributed by atoms with Crippen LogP contribution in [0.2, 0.25) is 0 Å². The molecule has 0 amide bonds. The van der Waals surface area contributed by atoms with Crippen LogP contribution < -0.4 is 5.32 Å². The number of thiazole rings is 1. The average molecular weight is 298 g/mol. The van der Waals surface area contributed by atoms with Gasteiger partial charge in [0.15, 0.2) is 11.3 Å². The Kier molecular flexibility index (Phi) is 6.18. The van der Waals surface area contributed by atoms with Crippen LogP contribution in [-0.4, -0.2) is 31.5 Å². The molecule has 19 heavy (non-hydrogen) atoms.